The Morgan fingerprint density at radius 1 is 0.926 bits per heavy atom. The highest BCUT2D eigenvalue weighted by Crippen LogP contribution is 2.28. The van der Waals surface area contributed by atoms with Crippen LogP contribution in [0.4, 0.5) is 11.4 Å². The van der Waals surface area contributed by atoms with Gasteiger partial charge in [0.05, 0.1) is 12.0 Å². The van der Waals surface area contributed by atoms with Crippen molar-refractivity contribution in [1.82, 2.24) is 0 Å². The van der Waals surface area contributed by atoms with E-state index in [2.05, 4.69) is 9.62 Å². The molecule has 2 aromatic rings. The zero-order chi connectivity index (χ0) is 19.4. The van der Waals surface area contributed by atoms with Crippen molar-refractivity contribution in [1.29, 1.82) is 0 Å². The molecule has 146 valence electrons. The SMILES string of the molecule is COc1cc(C)c(S(=O)(=O)Nc2ccc(N3CCCCCC3)cc2)cc1C. The highest BCUT2D eigenvalue weighted by Gasteiger charge is 2.19. The molecule has 5 nitrogen and oxygen atoms in total. The summed E-state index contributed by atoms with van der Waals surface area (Å²) in [6.07, 6.45) is 5.00. The molecule has 0 unspecified atom stereocenters. The van der Waals surface area contributed by atoms with Crippen molar-refractivity contribution in [3.8, 4) is 5.75 Å². The molecule has 1 heterocycles. The zero-order valence-corrected chi connectivity index (χ0v) is 17.1. The Hall–Kier alpha value is -2.21. The summed E-state index contributed by atoms with van der Waals surface area (Å²) in [5, 5.41) is 0. The quantitative estimate of drug-likeness (QED) is 0.820. The Kier molecular flexibility index (Phi) is 5.95. The van der Waals surface area contributed by atoms with Gasteiger partial charge < -0.3 is 9.64 Å². The number of anilines is 2. The van der Waals surface area contributed by atoms with E-state index in [-0.39, 0.29) is 4.90 Å². The number of aryl methyl sites for hydroxylation is 2. The lowest BCUT2D eigenvalue weighted by molar-refractivity contribution is 0.411. The Morgan fingerprint density at radius 2 is 1.56 bits per heavy atom. The average molecular weight is 389 g/mol. The first-order valence-corrected chi connectivity index (χ1v) is 10.9. The fourth-order valence-electron chi connectivity index (χ4n) is 3.55. The van der Waals surface area contributed by atoms with E-state index in [4.69, 9.17) is 4.74 Å². The van der Waals surface area contributed by atoms with Crippen molar-refractivity contribution < 1.29 is 13.2 Å². The minimum absolute atomic E-state index is 0.275. The first-order chi connectivity index (χ1) is 12.9. The lowest BCUT2D eigenvalue weighted by atomic mass is 10.1. The van der Waals surface area contributed by atoms with Gasteiger partial charge in [-0.1, -0.05) is 12.8 Å². The van der Waals surface area contributed by atoms with E-state index in [1.807, 2.05) is 31.2 Å². The van der Waals surface area contributed by atoms with Gasteiger partial charge in [-0.25, -0.2) is 8.42 Å². The van der Waals surface area contributed by atoms with E-state index >= 15 is 0 Å². The molecule has 1 aliphatic heterocycles. The molecule has 1 saturated heterocycles. The van der Waals surface area contributed by atoms with E-state index in [0.29, 0.717) is 17.0 Å². The monoisotopic (exact) mass is 388 g/mol. The van der Waals surface area contributed by atoms with Gasteiger partial charge in [0.15, 0.2) is 0 Å². The molecule has 1 fully saturated rings. The van der Waals surface area contributed by atoms with Crippen LogP contribution in [0.5, 0.6) is 5.75 Å². The second kappa shape index (κ2) is 8.21. The summed E-state index contributed by atoms with van der Waals surface area (Å²) in [7, 11) is -2.07. The first-order valence-electron chi connectivity index (χ1n) is 9.44. The van der Waals surface area contributed by atoms with Crippen LogP contribution in [-0.4, -0.2) is 28.6 Å². The van der Waals surface area contributed by atoms with Gasteiger partial charge in [-0.3, -0.25) is 4.72 Å². The van der Waals surface area contributed by atoms with Crippen LogP contribution in [0.3, 0.4) is 0 Å². The molecule has 1 aliphatic rings. The predicted molar refractivity (Wildman–Crippen MR) is 110 cm³/mol. The molecule has 27 heavy (non-hydrogen) atoms. The van der Waals surface area contributed by atoms with Gasteiger partial charge in [-0.05, 0) is 74.2 Å². The third-order valence-corrected chi connectivity index (χ3v) is 6.60. The first kappa shape index (κ1) is 19.5. The zero-order valence-electron chi connectivity index (χ0n) is 16.3. The number of sulfonamides is 1. The summed E-state index contributed by atoms with van der Waals surface area (Å²) >= 11 is 0. The maximum atomic E-state index is 12.8. The fourth-order valence-corrected chi connectivity index (χ4v) is 4.92. The van der Waals surface area contributed by atoms with Crippen LogP contribution in [-0.2, 0) is 10.0 Å². The molecule has 1 N–H and O–H groups in total. The Balaban J connectivity index is 1.79. The number of hydrogen-bond donors (Lipinski definition) is 1. The van der Waals surface area contributed by atoms with Crippen LogP contribution < -0.4 is 14.4 Å². The molecule has 0 aliphatic carbocycles. The molecule has 0 aromatic heterocycles. The minimum Gasteiger partial charge on any atom is -0.496 e. The fraction of sp³-hybridized carbons (Fsp3) is 0.429. The molecule has 0 radical (unpaired) electrons. The topological polar surface area (TPSA) is 58.6 Å². The van der Waals surface area contributed by atoms with Crippen LogP contribution >= 0.6 is 0 Å². The Morgan fingerprint density at radius 3 is 2.15 bits per heavy atom. The van der Waals surface area contributed by atoms with Gasteiger partial charge in [0.2, 0.25) is 0 Å². The van der Waals surface area contributed by atoms with Gasteiger partial charge in [0.25, 0.3) is 10.0 Å². The van der Waals surface area contributed by atoms with Crippen molar-refractivity contribution >= 4 is 21.4 Å². The number of hydrogen-bond acceptors (Lipinski definition) is 4. The van der Waals surface area contributed by atoms with E-state index in [1.165, 1.54) is 25.7 Å². The number of ether oxygens (including phenoxy) is 1. The smallest absolute Gasteiger partial charge is 0.262 e. The van der Waals surface area contributed by atoms with Crippen molar-refractivity contribution in [3.05, 3.63) is 47.5 Å². The third-order valence-electron chi connectivity index (χ3n) is 5.07. The van der Waals surface area contributed by atoms with Crippen LogP contribution in [0, 0.1) is 13.8 Å². The molecule has 0 bridgehead atoms. The van der Waals surface area contributed by atoms with Crippen LogP contribution in [0.1, 0.15) is 36.8 Å². The molecule has 3 rings (SSSR count). The van der Waals surface area contributed by atoms with E-state index < -0.39 is 10.0 Å². The molecule has 0 atom stereocenters. The Labute approximate surface area is 162 Å². The van der Waals surface area contributed by atoms with Crippen LogP contribution in [0.15, 0.2) is 41.3 Å². The third kappa shape index (κ3) is 4.56. The highest BCUT2D eigenvalue weighted by atomic mass is 32.2. The van der Waals surface area contributed by atoms with Crippen molar-refractivity contribution in [2.45, 2.75) is 44.4 Å². The van der Waals surface area contributed by atoms with Crippen molar-refractivity contribution in [2.24, 2.45) is 0 Å². The number of nitrogens with zero attached hydrogens (tertiary/aromatic N) is 1. The molecule has 0 amide bonds. The number of rotatable bonds is 5. The maximum Gasteiger partial charge on any atom is 0.262 e. The van der Waals surface area contributed by atoms with Gasteiger partial charge in [-0.2, -0.15) is 0 Å². The van der Waals surface area contributed by atoms with Crippen molar-refractivity contribution in [2.75, 3.05) is 29.8 Å². The minimum atomic E-state index is -3.65. The largest absolute Gasteiger partial charge is 0.496 e. The summed E-state index contributed by atoms with van der Waals surface area (Å²) in [5.74, 6) is 0.688. The number of methoxy groups -OCH3 is 1. The molecule has 6 heteroatoms. The number of nitrogens with one attached hydrogen (secondary N) is 1. The maximum absolute atomic E-state index is 12.8. The normalized spacial score (nSPS) is 15.3. The van der Waals surface area contributed by atoms with Gasteiger partial charge in [0, 0.05) is 24.5 Å². The summed E-state index contributed by atoms with van der Waals surface area (Å²) < 4.78 is 33.7. The van der Waals surface area contributed by atoms with E-state index in [1.54, 1.807) is 26.2 Å². The van der Waals surface area contributed by atoms with Gasteiger partial charge >= 0.3 is 0 Å². The highest BCUT2D eigenvalue weighted by molar-refractivity contribution is 7.92. The average Bonchev–Trinajstić information content (AvgIpc) is 2.93. The molecule has 0 saturated carbocycles. The summed E-state index contributed by atoms with van der Waals surface area (Å²) in [5.41, 5.74) is 3.17. The standard InChI is InChI=1S/C21H28N2O3S/c1-16-15-21(17(2)14-20(16)26-3)27(24,25)22-18-8-10-19(11-9-18)23-12-6-4-5-7-13-23/h8-11,14-15,22H,4-7,12-13H2,1-3H3. The van der Waals surface area contributed by atoms with Crippen LogP contribution in [0.2, 0.25) is 0 Å². The van der Waals surface area contributed by atoms with Crippen LogP contribution in [0.25, 0.3) is 0 Å². The molecular formula is C21H28N2O3S. The summed E-state index contributed by atoms with van der Waals surface area (Å²) in [6, 6.07) is 11.1. The number of benzene rings is 2. The Bertz CT molecular complexity index is 884. The summed E-state index contributed by atoms with van der Waals surface area (Å²) in [4.78, 5) is 2.65. The van der Waals surface area contributed by atoms with E-state index in [0.717, 1.165) is 24.3 Å². The second-order valence-corrected chi connectivity index (χ2v) is 8.79. The lowest BCUT2D eigenvalue weighted by Crippen LogP contribution is -2.23. The van der Waals surface area contributed by atoms with Gasteiger partial charge in [0.1, 0.15) is 5.75 Å². The molecule has 2 aromatic carbocycles. The second-order valence-electron chi connectivity index (χ2n) is 7.14. The predicted octanol–water partition coefficient (Wildman–Crippen LogP) is 4.49. The van der Waals surface area contributed by atoms with Gasteiger partial charge in [-0.15, -0.1) is 0 Å². The lowest BCUT2D eigenvalue weighted by Gasteiger charge is -2.23. The molecule has 0 spiro atoms. The van der Waals surface area contributed by atoms with Crippen molar-refractivity contribution in [3.63, 3.8) is 0 Å². The molecular weight excluding hydrogens is 360 g/mol. The summed E-state index contributed by atoms with van der Waals surface area (Å²) in [6.45, 7) is 5.75. The van der Waals surface area contributed by atoms with E-state index in [9.17, 15) is 8.42 Å².